The number of benzene rings is 1. The molecule has 0 aliphatic carbocycles. The second-order valence-electron chi connectivity index (χ2n) is 4.69. The lowest BCUT2D eigenvalue weighted by molar-refractivity contribution is -0.145. The fraction of sp³-hybridized carbons (Fsp3) is 0.333. The van der Waals surface area contributed by atoms with Crippen LogP contribution in [0.1, 0.15) is 24.3 Å². The highest BCUT2D eigenvalue weighted by Gasteiger charge is 2.21. The Balaban J connectivity index is 2.38. The summed E-state index contributed by atoms with van der Waals surface area (Å²) in [5.74, 6) is -0.685. The molecule has 0 spiro atoms. The van der Waals surface area contributed by atoms with Crippen molar-refractivity contribution >= 4 is 23.5 Å². The first-order valence-electron chi connectivity index (χ1n) is 7.43. The van der Waals surface area contributed by atoms with Crippen molar-refractivity contribution in [3.63, 3.8) is 0 Å². The van der Waals surface area contributed by atoms with Crippen LogP contribution in [-0.4, -0.2) is 47.1 Å². The molecule has 1 heterocycles. The number of esters is 1. The van der Waals surface area contributed by atoms with Crippen LogP contribution < -0.4 is 15.2 Å². The Kier molecular flexibility index (Phi) is 6.18. The predicted octanol–water partition coefficient (Wildman–Crippen LogP) is 1.56. The summed E-state index contributed by atoms with van der Waals surface area (Å²) in [6.45, 7) is 3.79. The number of H-pyrrole nitrogens is 1. The number of nitrogens with zero attached hydrogens (tertiary/aromatic N) is 2. The van der Waals surface area contributed by atoms with Gasteiger partial charge in [-0.2, -0.15) is 15.4 Å². The van der Waals surface area contributed by atoms with E-state index in [2.05, 4.69) is 15.4 Å². The maximum absolute atomic E-state index is 11.4. The predicted molar refractivity (Wildman–Crippen MR) is 88.6 cm³/mol. The molecule has 1 amide bonds. The van der Waals surface area contributed by atoms with E-state index >= 15 is 0 Å². The summed E-state index contributed by atoms with van der Waals surface area (Å²) in [4.78, 5) is 22.9. The maximum Gasteiger partial charge on any atom is 0.344 e. The van der Waals surface area contributed by atoms with Crippen molar-refractivity contribution in [1.82, 2.24) is 15.4 Å². The zero-order valence-corrected chi connectivity index (χ0v) is 14.4. The van der Waals surface area contributed by atoms with Crippen LogP contribution in [0.25, 0.3) is 11.3 Å². The largest absolute Gasteiger partial charge is 0.490 e. The monoisotopic (exact) mass is 368 g/mol. The molecular weight excluding hydrogens is 352 g/mol. The maximum atomic E-state index is 11.4. The molecule has 0 atom stereocenters. The van der Waals surface area contributed by atoms with Gasteiger partial charge in [-0.1, -0.05) is 11.6 Å². The quantitative estimate of drug-likeness (QED) is 0.676. The molecular formula is C15H17ClN4O5. The Bertz CT molecular complexity index is 777. The van der Waals surface area contributed by atoms with Gasteiger partial charge in [0.2, 0.25) is 0 Å². The van der Waals surface area contributed by atoms with E-state index in [-0.39, 0.29) is 35.4 Å². The Morgan fingerprint density at radius 1 is 1.16 bits per heavy atom. The minimum absolute atomic E-state index is 0.0514. The van der Waals surface area contributed by atoms with Gasteiger partial charge < -0.3 is 19.9 Å². The standard InChI is InChI=1S/C15H17ClN4O5/c1-3-23-10-5-8(13-14(15(17)22)19-20-18-13)9(16)6-11(10)25-7-12(21)24-4-2/h5-6H,3-4,7H2,1-2H3,(H2,17,22)(H,18,19,20). The molecule has 1 aromatic carbocycles. The molecule has 0 radical (unpaired) electrons. The third-order valence-corrected chi connectivity index (χ3v) is 3.33. The minimum atomic E-state index is -0.750. The third-order valence-electron chi connectivity index (χ3n) is 3.02. The van der Waals surface area contributed by atoms with Gasteiger partial charge in [0.15, 0.2) is 23.8 Å². The first kappa shape index (κ1) is 18.5. The summed E-state index contributed by atoms with van der Waals surface area (Å²) < 4.78 is 15.7. The van der Waals surface area contributed by atoms with Crippen LogP contribution >= 0.6 is 11.6 Å². The number of nitrogens with one attached hydrogen (secondary N) is 1. The van der Waals surface area contributed by atoms with Gasteiger partial charge in [-0.05, 0) is 19.9 Å². The van der Waals surface area contributed by atoms with Gasteiger partial charge in [0.25, 0.3) is 5.91 Å². The van der Waals surface area contributed by atoms with Crippen molar-refractivity contribution in [2.45, 2.75) is 13.8 Å². The van der Waals surface area contributed by atoms with Gasteiger partial charge >= 0.3 is 5.97 Å². The number of halogens is 1. The molecule has 10 heteroatoms. The summed E-state index contributed by atoms with van der Waals surface area (Å²) in [6.07, 6.45) is 0. The molecule has 0 fully saturated rings. The van der Waals surface area contributed by atoms with E-state index in [1.807, 2.05) is 0 Å². The first-order valence-corrected chi connectivity index (χ1v) is 7.81. The lowest BCUT2D eigenvalue weighted by Crippen LogP contribution is -2.15. The summed E-state index contributed by atoms with van der Waals surface area (Å²) in [7, 11) is 0. The Hall–Kier alpha value is -2.81. The van der Waals surface area contributed by atoms with Crippen LogP contribution in [0.5, 0.6) is 11.5 Å². The molecule has 0 aliphatic heterocycles. The van der Waals surface area contributed by atoms with Crippen LogP contribution in [0.2, 0.25) is 5.02 Å². The number of carbonyl (C=O) groups excluding carboxylic acids is 2. The highest BCUT2D eigenvalue weighted by molar-refractivity contribution is 6.33. The van der Waals surface area contributed by atoms with Gasteiger partial charge in [-0.3, -0.25) is 4.79 Å². The molecule has 2 rings (SSSR count). The Morgan fingerprint density at radius 2 is 1.88 bits per heavy atom. The highest BCUT2D eigenvalue weighted by Crippen LogP contribution is 2.38. The number of rotatable bonds is 8. The number of amides is 1. The second-order valence-corrected chi connectivity index (χ2v) is 5.10. The molecule has 0 bridgehead atoms. The number of hydrogen-bond acceptors (Lipinski definition) is 7. The summed E-state index contributed by atoms with van der Waals surface area (Å²) in [5.41, 5.74) is 5.79. The Morgan fingerprint density at radius 3 is 2.52 bits per heavy atom. The van der Waals surface area contributed by atoms with Crippen LogP contribution in [0.3, 0.4) is 0 Å². The zero-order chi connectivity index (χ0) is 18.4. The molecule has 1 aromatic heterocycles. The zero-order valence-electron chi connectivity index (χ0n) is 13.7. The first-order chi connectivity index (χ1) is 12.0. The summed E-state index contributed by atoms with van der Waals surface area (Å²) in [5, 5.41) is 10.2. The van der Waals surface area contributed by atoms with Crippen molar-refractivity contribution in [3.8, 4) is 22.8 Å². The second kappa shape index (κ2) is 8.34. The van der Waals surface area contributed by atoms with Crippen molar-refractivity contribution in [1.29, 1.82) is 0 Å². The average Bonchev–Trinajstić information content (AvgIpc) is 3.05. The van der Waals surface area contributed by atoms with E-state index in [1.165, 1.54) is 12.1 Å². The Labute approximate surface area is 148 Å². The number of carbonyl (C=O) groups is 2. The third kappa shape index (κ3) is 4.38. The minimum Gasteiger partial charge on any atom is -0.490 e. The molecule has 25 heavy (non-hydrogen) atoms. The van der Waals surface area contributed by atoms with E-state index in [0.29, 0.717) is 17.9 Å². The lowest BCUT2D eigenvalue weighted by atomic mass is 10.1. The fourth-order valence-corrected chi connectivity index (χ4v) is 2.27. The molecule has 3 N–H and O–H groups in total. The highest BCUT2D eigenvalue weighted by atomic mass is 35.5. The van der Waals surface area contributed by atoms with Crippen molar-refractivity contribution in [2.75, 3.05) is 19.8 Å². The topological polar surface area (TPSA) is 129 Å². The number of hydrogen-bond donors (Lipinski definition) is 2. The molecule has 0 unspecified atom stereocenters. The van der Waals surface area contributed by atoms with Gasteiger partial charge in [0.1, 0.15) is 5.69 Å². The van der Waals surface area contributed by atoms with Crippen LogP contribution in [0.15, 0.2) is 12.1 Å². The average molecular weight is 369 g/mol. The van der Waals surface area contributed by atoms with Crippen LogP contribution in [0.4, 0.5) is 0 Å². The normalized spacial score (nSPS) is 10.4. The summed E-state index contributed by atoms with van der Waals surface area (Å²) in [6, 6.07) is 3.00. The van der Waals surface area contributed by atoms with E-state index < -0.39 is 11.9 Å². The van der Waals surface area contributed by atoms with E-state index in [4.69, 9.17) is 31.5 Å². The fourth-order valence-electron chi connectivity index (χ4n) is 2.03. The molecule has 2 aromatic rings. The molecule has 9 nitrogen and oxygen atoms in total. The molecule has 134 valence electrons. The van der Waals surface area contributed by atoms with Crippen LogP contribution in [-0.2, 0) is 9.53 Å². The van der Waals surface area contributed by atoms with E-state index in [1.54, 1.807) is 13.8 Å². The van der Waals surface area contributed by atoms with Gasteiger partial charge in [-0.15, -0.1) is 0 Å². The molecule has 0 saturated carbocycles. The molecule has 0 aliphatic rings. The molecule has 0 saturated heterocycles. The van der Waals surface area contributed by atoms with Crippen molar-refractivity contribution < 1.29 is 23.8 Å². The van der Waals surface area contributed by atoms with Crippen molar-refractivity contribution in [3.05, 3.63) is 22.8 Å². The number of ether oxygens (including phenoxy) is 3. The number of aromatic nitrogens is 3. The lowest BCUT2D eigenvalue weighted by Gasteiger charge is -2.14. The SMILES string of the molecule is CCOC(=O)COc1cc(Cl)c(-c2n[nH]nc2C(N)=O)cc1OCC. The number of nitrogens with two attached hydrogens (primary N) is 1. The van der Waals surface area contributed by atoms with E-state index in [9.17, 15) is 9.59 Å². The number of aromatic amines is 1. The number of primary amides is 1. The van der Waals surface area contributed by atoms with Gasteiger partial charge in [0, 0.05) is 11.6 Å². The van der Waals surface area contributed by atoms with Gasteiger partial charge in [0.05, 0.1) is 18.2 Å². The van der Waals surface area contributed by atoms with Gasteiger partial charge in [-0.25, -0.2) is 4.79 Å². The smallest absolute Gasteiger partial charge is 0.344 e. The van der Waals surface area contributed by atoms with Crippen molar-refractivity contribution in [2.24, 2.45) is 5.73 Å². The van der Waals surface area contributed by atoms with Crippen LogP contribution in [0, 0.1) is 0 Å². The summed E-state index contributed by atoms with van der Waals surface area (Å²) >= 11 is 6.26. The van der Waals surface area contributed by atoms with E-state index in [0.717, 1.165) is 0 Å².